The third-order valence-electron chi connectivity index (χ3n) is 5.07. The zero-order chi connectivity index (χ0) is 24.1. The standard InChI is InChI=1S/C23H22N6O3S2/c1-28-20(31)18(19(24)29(23(28)32)13-16-10-6-3-7-11-16)17(30)14-33-22-27-26-21(34-22)25-12-15-8-4-2-5-9-15/h2-11H,12-14,24H2,1H3,(H,25,26). The van der Waals surface area contributed by atoms with E-state index in [9.17, 15) is 14.4 Å². The van der Waals surface area contributed by atoms with E-state index in [1.54, 1.807) is 0 Å². The second-order valence-corrected chi connectivity index (χ2v) is 9.60. The Morgan fingerprint density at radius 1 is 1.03 bits per heavy atom. The molecule has 2 heterocycles. The molecule has 174 valence electrons. The number of benzene rings is 2. The Hall–Kier alpha value is -3.70. The third kappa shape index (κ3) is 5.26. The zero-order valence-electron chi connectivity index (χ0n) is 18.3. The molecule has 2 aromatic heterocycles. The summed E-state index contributed by atoms with van der Waals surface area (Å²) in [7, 11) is 1.34. The van der Waals surface area contributed by atoms with E-state index in [1.165, 1.54) is 34.7 Å². The van der Waals surface area contributed by atoms with E-state index in [2.05, 4.69) is 15.5 Å². The summed E-state index contributed by atoms with van der Waals surface area (Å²) in [6, 6.07) is 19.1. The SMILES string of the molecule is Cn1c(=O)c(C(=O)CSc2nnc(NCc3ccccc3)s2)c(N)n(Cc2ccccc2)c1=O. The van der Waals surface area contributed by atoms with Crippen molar-refractivity contribution in [2.75, 3.05) is 16.8 Å². The number of hydrogen-bond donors (Lipinski definition) is 2. The summed E-state index contributed by atoms with van der Waals surface area (Å²) >= 11 is 2.48. The number of nitrogens with one attached hydrogen (secondary N) is 1. The van der Waals surface area contributed by atoms with Gasteiger partial charge in [0.2, 0.25) is 5.13 Å². The molecule has 4 rings (SSSR count). The molecule has 0 saturated heterocycles. The van der Waals surface area contributed by atoms with Crippen LogP contribution in [-0.4, -0.2) is 30.9 Å². The lowest BCUT2D eigenvalue weighted by molar-refractivity contribution is 0.102. The second-order valence-electron chi connectivity index (χ2n) is 7.40. The van der Waals surface area contributed by atoms with E-state index in [-0.39, 0.29) is 23.7 Å². The molecule has 9 nitrogen and oxygen atoms in total. The fourth-order valence-electron chi connectivity index (χ4n) is 3.28. The zero-order valence-corrected chi connectivity index (χ0v) is 19.9. The van der Waals surface area contributed by atoms with Crippen LogP contribution in [0.5, 0.6) is 0 Å². The van der Waals surface area contributed by atoms with Crippen LogP contribution in [0.4, 0.5) is 10.9 Å². The van der Waals surface area contributed by atoms with Crippen LogP contribution in [0.2, 0.25) is 0 Å². The Balaban J connectivity index is 1.47. The molecule has 11 heteroatoms. The van der Waals surface area contributed by atoms with Gasteiger partial charge in [-0.25, -0.2) is 4.79 Å². The van der Waals surface area contributed by atoms with Gasteiger partial charge in [-0.1, -0.05) is 83.8 Å². The van der Waals surface area contributed by atoms with Crippen molar-refractivity contribution in [2.45, 2.75) is 17.4 Å². The van der Waals surface area contributed by atoms with Crippen molar-refractivity contribution in [3.63, 3.8) is 0 Å². The molecule has 2 aromatic carbocycles. The molecule has 0 aliphatic carbocycles. The Bertz CT molecular complexity index is 1410. The van der Waals surface area contributed by atoms with Crippen LogP contribution in [-0.2, 0) is 20.1 Å². The highest BCUT2D eigenvalue weighted by molar-refractivity contribution is 8.01. The van der Waals surface area contributed by atoms with Crippen LogP contribution < -0.4 is 22.3 Å². The highest BCUT2D eigenvalue weighted by Crippen LogP contribution is 2.26. The van der Waals surface area contributed by atoms with Crippen LogP contribution in [0, 0.1) is 0 Å². The van der Waals surface area contributed by atoms with Gasteiger partial charge in [0.25, 0.3) is 5.56 Å². The first-order valence-electron chi connectivity index (χ1n) is 10.3. The Morgan fingerprint density at radius 2 is 1.68 bits per heavy atom. The molecule has 0 bridgehead atoms. The van der Waals surface area contributed by atoms with E-state index in [0.717, 1.165) is 15.7 Å². The number of rotatable bonds is 9. The topological polar surface area (TPSA) is 125 Å². The second kappa shape index (κ2) is 10.5. The number of carbonyl (C=O) groups is 1. The van der Waals surface area contributed by atoms with Gasteiger partial charge in [0.15, 0.2) is 10.1 Å². The van der Waals surface area contributed by atoms with Gasteiger partial charge in [-0.2, -0.15) is 0 Å². The number of nitrogens with two attached hydrogens (primary N) is 1. The van der Waals surface area contributed by atoms with Gasteiger partial charge in [0.05, 0.1) is 12.3 Å². The van der Waals surface area contributed by atoms with Crippen molar-refractivity contribution < 1.29 is 4.79 Å². The summed E-state index contributed by atoms with van der Waals surface area (Å²) in [4.78, 5) is 38.3. The minimum absolute atomic E-state index is 0.0592. The van der Waals surface area contributed by atoms with Crippen LogP contribution in [0.3, 0.4) is 0 Å². The van der Waals surface area contributed by atoms with Gasteiger partial charge in [0.1, 0.15) is 11.4 Å². The minimum Gasteiger partial charge on any atom is -0.384 e. The molecule has 0 saturated carbocycles. The molecule has 0 fully saturated rings. The summed E-state index contributed by atoms with van der Waals surface area (Å²) in [5, 5.41) is 12.0. The number of anilines is 2. The lowest BCUT2D eigenvalue weighted by atomic mass is 10.2. The van der Waals surface area contributed by atoms with Crippen molar-refractivity contribution in [3.05, 3.63) is 98.2 Å². The van der Waals surface area contributed by atoms with E-state index < -0.39 is 17.0 Å². The lowest BCUT2D eigenvalue weighted by Crippen LogP contribution is -2.43. The molecule has 0 aliphatic rings. The van der Waals surface area contributed by atoms with E-state index in [4.69, 9.17) is 5.73 Å². The molecule has 34 heavy (non-hydrogen) atoms. The first-order chi connectivity index (χ1) is 16.4. The van der Waals surface area contributed by atoms with E-state index in [1.807, 2.05) is 60.7 Å². The molecule has 0 amide bonds. The van der Waals surface area contributed by atoms with Crippen LogP contribution in [0.15, 0.2) is 74.6 Å². The monoisotopic (exact) mass is 494 g/mol. The van der Waals surface area contributed by atoms with Gasteiger partial charge in [-0.15, -0.1) is 10.2 Å². The van der Waals surface area contributed by atoms with Gasteiger partial charge < -0.3 is 11.1 Å². The molecule has 0 atom stereocenters. The molecule has 0 radical (unpaired) electrons. The van der Waals surface area contributed by atoms with Crippen molar-refractivity contribution in [1.29, 1.82) is 0 Å². The van der Waals surface area contributed by atoms with E-state index in [0.29, 0.717) is 16.0 Å². The molecule has 0 unspecified atom stereocenters. The van der Waals surface area contributed by atoms with Crippen molar-refractivity contribution >= 4 is 39.8 Å². The first-order valence-corrected chi connectivity index (χ1v) is 12.1. The van der Waals surface area contributed by atoms with E-state index >= 15 is 0 Å². The van der Waals surface area contributed by atoms with Crippen molar-refractivity contribution in [3.8, 4) is 0 Å². The van der Waals surface area contributed by atoms with Gasteiger partial charge in [0, 0.05) is 13.6 Å². The quantitative estimate of drug-likeness (QED) is 0.269. The number of nitrogens with zero attached hydrogens (tertiary/aromatic N) is 4. The Labute approximate surface area is 203 Å². The molecular formula is C23H22N6O3S2. The summed E-state index contributed by atoms with van der Waals surface area (Å²) < 4.78 is 2.73. The average Bonchev–Trinajstić information content (AvgIpc) is 3.32. The number of ketones is 1. The van der Waals surface area contributed by atoms with Crippen molar-refractivity contribution in [1.82, 2.24) is 19.3 Å². The molecule has 0 spiro atoms. The maximum absolute atomic E-state index is 13.0. The van der Waals surface area contributed by atoms with Gasteiger partial charge in [-0.3, -0.25) is 18.7 Å². The number of nitrogen functional groups attached to an aromatic ring is 1. The Morgan fingerprint density at radius 3 is 2.35 bits per heavy atom. The predicted octanol–water partition coefficient (Wildman–Crippen LogP) is 2.62. The lowest BCUT2D eigenvalue weighted by Gasteiger charge is -2.14. The molecule has 0 aliphatic heterocycles. The highest BCUT2D eigenvalue weighted by Gasteiger charge is 2.22. The predicted molar refractivity (Wildman–Crippen MR) is 135 cm³/mol. The first kappa shape index (κ1) is 23.5. The molecule has 4 aromatic rings. The summed E-state index contributed by atoms with van der Waals surface area (Å²) in [5.41, 5.74) is 6.61. The summed E-state index contributed by atoms with van der Waals surface area (Å²) in [5.74, 6) is -0.667. The average molecular weight is 495 g/mol. The van der Waals surface area contributed by atoms with Crippen LogP contribution in [0.1, 0.15) is 21.5 Å². The fraction of sp³-hybridized carbons (Fsp3) is 0.174. The molecule has 3 N–H and O–H groups in total. The normalized spacial score (nSPS) is 10.9. The highest BCUT2D eigenvalue weighted by atomic mass is 32.2. The smallest absolute Gasteiger partial charge is 0.332 e. The summed E-state index contributed by atoms with van der Waals surface area (Å²) in [6.07, 6.45) is 0. The fourth-order valence-corrected chi connectivity index (χ4v) is 4.90. The number of hydrogen-bond acceptors (Lipinski definition) is 9. The summed E-state index contributed by atoms with van der Waals surface area (Å²) in [6.45, 7) is 0.758. The largest absolute Gasteiger partial charge is 0.384 e. The maximum atomic E-state index is 13.0. The van der Waals surface area contributed by atoms with Crippen molar-refractivity contribution in [2.24, 2.45) is 7.05 Å². The molecular weight excluding hydrogens is 472 g/mol. The number of Topliss-reactive ketones (excluding diaryl/α,β-unsaturated/α-hetero) is 1. The maximum Gasteiger partial charge on any atom is 0.332 e. The minimum atomic E-state index is -0.708. The third-order valence-corrected chi connectivity index (χ3v) is 7.08. The Kier molecular flexibility index (Phi) is 7.24. The van der Waals surface area contributed by atoms with Gasteiger partial charge in [-0.05, 0) is 11.1 Å². The number of carbonyl (C=O) groups excluding carboxylic acids is 1. The van der Waals surface area contributed by atoms with Gasteiger partial charge >= 0.3 is 5.69 Å². The number of aromatic nitrogens is 4. The van der Waals surface area contributed by atoms with Crippen LogP contribution >= 0.6 is 23.1 Å². The number of thioether (sulfide) groups is 1. The van der Waals surface area contributed by atoms with Crippen LogP contribution in [0.25, 0.3) is 0 Å².